The lowest BCUT2D eigenvalue weighted by Crippen LogP contribution is -2.33. The molecule has 0 spiro atoms. The predicted molar refractivity (Wildman–Crippen MR) is 143 cm³/mol. The van der Waals surface area contributed by atoms with Gasteiger partial charge in [-0.2, -0.15) is 5.26 Å². The molecule has 1 unspecified atom stereocenters. The molecule has 0 saturated carbocycles. The molecule has 9 nitrogen and oxygen atoms in total. The van der Waals surface area contributed by atoms with Crippen LogP contribution in [-0.4, -0.2) is 33.8 Å². The predicted octanol–water partition coefficient (Wildman–Crippen LogP) is 4.98. The summed E-state index contributed by atoms with van der Waals surface area (Å²) in [6, 6.07) is 17.0. The number of aliphatic hydroxyl groups is 1. The number of hydrogen-bond acceptors (Lipinski definition) is 8. The van der Waals surface area contributed by atoms with Crippen molar-refractivity contribution in [1.29, 1.82) is 5.26 Å². The number of nitrogens with one attached hydrogen (secondary N) is 1. The minimum Gasteiger partial charge on any atom is -0.492 e. The summed E-state index contributed by atoms with van der Waals surface area (Å²) in [5.74, 6) is 0.989. The number of aromatic nitrogens is 2. The molecule has 5 rings (SSSR count). The van der Waals surface area contributed by atoms with Crippen molar-refractivity contribution in [2.24, 2.45) is 0 Å². The molecule has 1 fully saturated rings. The number of carbonyl (C=O) groups excluding carboxylic acids is 1. The molecular formula is C29H27N5O4. The van der Waals surface area contributed by atoms with Gasteiger partial charge in [0.1, 0.15) is 30.4 Å². The monoisotopic (exact) mass is 509 g/mol. The fraction of sp³-hybridized carbons (Fsp3) is 0.241. The van der Waals surface area contributed by atoms with E-state index in [1.807, 2.05) is 50.2 Å². The number of nitriles is 1. The molecule has 0 bridgehead atoms. The van der Waals surface area contributed by atoms with Crippen molar-refractivity contribution in [3.8, 4) is 17.6 Å². The number of aryl methyl sites for hydroxylation is 1. The zero-order valence-electron chi connectivity index (χ0n) is 21.1. The van der Waals surface area contributed by atoms with Crippen LogP contribution in [0.4, 0.5) is 17.1 Å². The largest absolute Gasteiger partial charge is 0.492 e. The first kappa shape index (κ1) is 25.0. The molecule has 2 N–H and O–H groups in total. The van der Waals surface area contributed by atoms with E-state index in [4.69, 9.17) is 9.47 Å². The van der Waals surface area contributed by atoms with Crippen molar-refractivity contribution >= 4 is 33.9 Å². The molecular weight excluding hydrogens is 482 g/mol. The molecule has 3 heterocycles. The highest BCUT2D eigenvalue weighted by molar-refractivity contribution is 6.04. The second kappa shape index (κ2) is 10.7. The number of carbonyl (C=O) groups is 1. The average Bonchev–Trinajstić information content (AvgIpc) is 3.26. The Bertz CT molecular complexity index is 1530. The second-order valence-electron chi connectivity index (χ2n) is 8.93. The summed E-state index contributed by atoms with van der Waals surface area (Å²) in [6.45, 7) is 4.53. The quantitative estimate of drug-likeness (QED) is 0.341. The number of benzene rings is 2. The topological polar surface area (TPSA) is 121 Å². The summed E-state index contributed by atoms with van der Waals surface area (Å²) in [5.41, 5.74) is 4.42. The first-order valence-electron chi connectivity index (χ1n) is 12.4. The fourth-order valence-corrected chi connectivity index (χ4v) is 4.52. The highest BCUT2D eigenvalue weighted by atomic mass is 16.5. The van der Waals surface area contributed by atoms with Crippen LogP contribution in [0.2, 0.25) is 0 Å². The number of pyridine rings is 2. The van der Waals surface area contributed by atoms with Crippen LogP contribution in [0.25, 0.3) is 10.9 Å². The van der Waals surface area contributed by atoms with E-state index < -0.39 is 6.23 Å². The third-order valence-electron chi connectivity index (χ3n) is 6.36. The smallest absolute Gasteiger partial charge is 0.229 e. The molecule has 1 atom stereocenters. The highest BCUT2D eigenvalue weighted by Crippen LogP contribution is 2.40. The Balaban J connectivity index is 1.51. The highest BCUT2D eigenvalue weighted by Gasteiger charge is 2.33. The molecule has 2 aromatic heterocycles. The summed E-state index contributed by atoms with van der Waals surface area (Å²) in [5, 5.41) is 24.3. The molecule has 0 radical (unpaired) electrons. The van der Waals surface area contributed by atoms with Gasteiger partial charge >= 0.3 is 0 Å². The Morgan fingerprint density at radius 3 is 2.71 bits per heavy atom. The van der Waals surface area contributed by atoms with Crippen LogP contribution >= 0.6 is 0 Å². The average molecular weight is 510 g/mol. The van der Waals surface area contributed by atoms with Crippen LogP contribution < -0.4 is 19.7 Å². The molecule has 38 heavy (non-hydrogen) atoms. The van der Waals surface area contributed by atoms with Gasteiger partial charge in [0, 0.05) is 42.4 Å². The number of nitrogens with zero attached hydrogens (tertiary/aromatic N) is 4. The fourth-order valence-electron chi connectivity index (χ4n) is 4.52. The molecule has 0 aliphatic carbocycles. The van der Waals surface area contributed by atoms with Gasteiger partial charge in [0.15, 0.2) is 0 Å². The number of ether oxygens (including phenoxy) is 2. The SMILES string of the molecule is CCOc1cc2ncc(C#N)c(Nc3ccc(OCc4ccccn4)c(C)c3)c2cc1N1C(=O)CCC1O. The van der Waals surface area contributed by atoms with Gasteiger partial charge in [-0.3, -0.25) is 19.7 Å². The lowest BCUT2D eigenvalue weighted by atomic mass is 10.1. The number of anilines is 3. The van der Waals surface area contributed by atoms with Crippen molar-refractivity contribution < 1.29 is 19.4 Å². The summed E-state index contributed by atoms with van der Waals surface area (Å²) in [6.07, 6.45) is 2.89. The molecule has 9 heteroatoms. The van der Waals surface area contributed by atoms with Gasteiger partial charge in [-0.1, -0.05) is 6.07 Å². The van der Waals surface area contributed by atoms with E-state index in [-0.39, 0.29) is 12.3 Å². The van der Waals surface area contributed by atoms with Crippen molar-refractivity contribution in [3.63, 3.8) is 0 Å². The molecule has 192 valence electrons. The molecule has 2 aromatic carbocycles. The number of rotatable bonds is 8. The first-order valence-corrected chi connectivity index (χ1v) is 12.4. The van der Waals surface area contributed by atoms with Gasteiger partial charge in [0.05, 0.1) is 34.8 Å². The van der Waals surface area contributed by atoms with Crippen molar-refractivity contribution in [2.45, 2.75) is 39.5 Å². The van der Waals surface area contributed by atoms with Crippen molar-refractivity contribution in [2.75, 3.05) is 16.8 Å². The zero-order valence-corrected chi connectivity index (χ0v) is 21.1. The van der Waals surface area contributed by atoms with Gasteiger partial charge in [0.2, 0.25) is 5.91 Å². The Kier molecular flexibility index (Phi) is 7.07. The van der Waals surface area contributed by atoms with Crippen LogP contribution in [0.3, 0.4) is 0 Å². The van der Waals surface area contributed by atoms with E-state index in [2.05, 4.69) is 21.4 Å². The van der Waals surface area contributed by atoms with Crippen molar-refractivity contribution in [3.05, 3.63) is 77.7 Å². The molecule has 1 saturated heterocycles. The summed E-state index contributed by atoms with van der Waals surface area (Å²) < 4.78 is 11.7. The Labute approximate surface area is 220 Å². The zero-order chi connectivity index (χ0) is 26.6. The third-order valence-corrected chi connectivity index (χ3v) is 6.36. The second-order valence-corrected chi connectivity index (χ2v) is 8.93. The van der Waals surface area contributed by atoms with Gasteiger partial charge < -0.3 is 19.9 Å². The first-order chi connectivity index (χ1) is 18.5. The molecule has 1 aliphatic heterocycles. The van der Waals surface area contributed by atoms with Gasteiger partial charge in [-0.15, -0.1) is 0 Å². The summed E-state index contributed by atoms with van der Waals surface area (Å²) in [4.78, 5) is 22.7. The van der Waals surface area contributed by atoms with E-state index >= 15 is 0 Å². The van der Waals surface area contributed by atoms with E-state index in [1.165, 1.54) is 11.1 Å². The Hall–Kier alpha value is -4.68. The number of aliphatic hydroxyl groups excluding tert-OH is 1. The number of hydrogen-bond donors (Lipinski definition) is 2. The van der Waals surface area contributed by atoms with Gasteiger partial charge in [-0.25, -0.2) is 0 Å². The summed E-state index contributed by atoms with van der Waals surface area (Å²) >= 11 is 0. The standard InChI is InChI=1S/C29H27N5O4/c1-3-37-26-14-23-22(13-24(26)34-27(35)9-10-28(34)36)29(19(15-30)16-32-23)33-20-7-8-25(18(2)12-20)38-17-21-6-4-5-11-31-21/h4-8,11-14,16,27,35H,3,9-10,17H2,1-2H3,(H,32,33). The number of fused-ring (bicyclic) bond motifs is 1. The van der Waals surface area contributed by atoms with E-state index in [0.29, 0.717) is 53.2 Å². The van der Waals surface area contributed by atoms with E-state index in [1.54, 1.807) is 18.3 Å². The normalized spacial score (nSPS) is 14.9. The Morgan fingerprint density at radius 2 is 2.03 bits per heavy atom. The van der Waals surface area contributed by atoms with Gasteiger partial charge in [0.25, 0.3) is 0 Å². The van der Waals surface area contributed by atoms with E-state index in [9.17, 15) is 15.2 Å². The molecule has 1 aliphatic rings. The minimum absolute atomic E-state index is 0.186. The molecule has 1 amide bonds. The lowest BCUT2D eigenvalue weighted by Gasteiger charge is -2.24. The lowest BCUT2D eigenvalue weighted by molar-refractivity contribution is -0.117. The maximum absolute atomic E-state index is 12.6. The van der Waals surface area contributed by atoms with Crippen LogP contribution in [0.1, 0.15) is 36.6 Å². The van der Waals surface area contributed by atoms with E-state index in [0.717, 1.165) is 22.7 Å². The van der Waals surface area contributed by atoms with Gasteiger partial charge in [-0.05, 0) is 55.8 Å². The van der Waals surface area contributed by atoms with Crippen LogP contribution in [0.5, 0.6) is 11.5 Å². The summed E-state index contributed by atoms with van der Waals surface area (Å²) in [7, 11) is 0. The van der Waals surface area contributed by atoms with Crippen LogP contribution in [0.15, 0.2) is 60.9 Å². The minimum atomic E-state index is -0.941. The maximum Gasteiger partial charge on any atom is 0.229 e. The van der Waals surface area contributed by atoms with Crippen LogP contribution in [-0.2, 0) is 11.4 Å². The van der Waals surface area contributed by atoms with Crippen molar-refractivity contribution in [1.82, 2.24) is 9.97 Å². The Morgan fingerprint density at radius 1 is 1.16 bits per heavy atom. The third kappa shape index (κ3) is 4.94. The molecule has 4 aromatic rings. The van der Waals surface area contributed by atoms with Crippen LogP contribution in [0, 0.1) is 18.3 Å². The number of amides is 1. The maximum atomic E-state index is 12.6.